The second-order valence-electron chi connectivity index (χ2n) is 6.33. The molecule has 0 aliphatic carbocycles. The summed E-state index contributed by atoms with van der Waals surface area (Å²) >= 11 is 0. The fourth-order valence-electron chi connectivity index (χ4n) is 3.46. The van der Waals surface area contributed by atoms with Crippen molar-refractivity contribution in [2.45, 2.75) is 11.8 Å². The number of aliphatic hydroxyl groups excluding tert-OH is 1. The maximum atomic E-state index is 11.0. The molecule has 1 N–H and O–H groups in total. The van der Waals surface area contributed by atoms with Crippen LogP contribution in [0.2, 0.25) is 0 Å². The van der Waals surface area contributed by atoms with E-state index in [9.17, 15) is 5.11 Å². The van der Waals surface area contributed by atoms with Gasteiger partial charge in [-0.3, -0.25) is 0 Å². The topological polar surface area (TPSA) is 29.5 Å². The van der Waals surface area contributed by atoms with Crippen molar-refractivity contribution in [3.8, 4) is 0 Å². The number of aliphatic hydroxyl groups is 1. The minimum atomic E-state index is -2.42. The third-order valence-electron chi connectivity index (χ3n) is 4.65. The van der Waals surface area contributed by atoms with Crippen molar-refractivity contribution in [3.63, 3.8) is 0 Å². The number of methoxy groups -OCH3 is 1. The van der Waals surface area contributed by atoms with Crippen LogP contribution in [0.1, 0.15) is 11.2 Å². The summed E-state index contributed by atoms with van der Waals surface area (Å²) in [5.74, 6) is 0. The Hall–Kier alpha value is -1.93. The first-order chi connectivity index (χ1) is 12.7. The minimum absolute atomic E-state index is 0.234. The molecule has 130 valence electrons. The molecule has 0 amide bonds. The minimum Gasteiger partial charge on any atom is -0.386 e. The summed E-state index contributed by atoms with van der Waals surface area (Å²) in [5, 5.41) is 13.2. The van der Waals surface area contributed by atoms with Crippen LogP contribution in [0, 0.1) is 0 Å². The Bertz CT molecular complexity index is 757. The fraction of sp³-hybridized carbons (Fsp3) is 0.182. The molecule has 3 aromatic rings. The van der Waals surface area contributed by atoms with Crippen molar-refractivity contribution in [1.82, 2.24) is 0 Å². The lowest BCUT2D eigenvalue weighted by Crippen LogP contribution is -2.35. The zero-order chi connectivity index (χ0) is 18.4. The Kier molecular flexibility index (Phi) is 6.27. The predicted octanol–water partition coefficient (Wildman–Crippen LogP) is 3.49. The maximum absolute atomic E-state index is 11.0. The van der Waals surface area contributed by atoms with Crippen molar-refractivity contribution in [2.75, 3.05) is 13.7 Å². The Labute approximate surface area is 157 Å². The van der Waals surface area contributed by atoms with Gasteiger partial charge in [0.15, 0.2) is 0 Å². The molecule has 2 radical (unpaired) electrons. The summed E-state index contributed by atoms with van der Waals surface area (Å²) in [6.07, 6.45) is -0.707. The van der Waals surface area contributed by atoms with Gasteiger partial charge in [-0.05, 0) is 29.8 Å². The van der Waals surface area contributed by atoms with Gasteiger partial charge in [0.1, 0.15) is 11.8 Å². The molecule has 0 aliphatic rings. The van der Waals surface area contributed by atoms with Crippen LogP contribution < -0.4 is 10.6 Å². The van der Waals surface area contributed by atoms with Crippen LogP contribution >= 0.6 is 7.14 Å². The zero-order valence-corrected chi connectivity index (χ0v) is 15.8. The maximum Gasteiger partial charge on any atom is 0.378 e. The SMILES string of the molecule is [B][P+](c1ccccc1)(c1ccccc1)[C@H](c1ccccc1)[C@@H](O)COC. The van der Waals surface area contributed by atoms with Gasteiger partial charge in [-0.2, -0.15) is 0 Å². The lowest BCUT2D eigenvalue weighted by molar-refractivity contribution is 0.0622. The monoisotopic (exact) mass is 361 g/mol. The van der Waals surface area contributed by atoms with E-state index in [4.69, 9.17) is 12.3 Å². The Morgan fingerprint density at radius 2 is 1.23 bits per heavy atom. The number of benzene rings is 3. The molecule has 0 saturated carbocycles. The van der Waals surface area contributed by atoms with Gasteiger partial charge in [0.25, 0.3) is 0 Å². The lowest BCUT2D eigenvalue weighted by atomic mass is 10.1. The Balaban J connectivity index is 2.23. The van der Waals surface area contributed by atoms with Crippen molar-refractivity contribution in [1.29, 1.82) is 0 Å². The van der Waals surface area contributed by atoms with Crippen molar-refractivity contribution >= 4 is 25.3 Å². The van der Waals surface area contributed by atoms with Gasteiger partial charge in [0, 0.05) is 14.3 Å². The highest BCUT2D eigenvalue weighted by atomic mass is 31.2. The molecule has 0 unspecified atom stereocenters. The van der Waals surface area contributed by atoms with E-state index in [0.717, 1.165) is 16.2 Å². The first-order valence-electron chi connectivity index (χ1n) is 8.68. The van der Waals surface area contributed by atoms with E-state index in [2.05, 4.69) is 24.3 Å². The molecule has 0 fully saturated rings. The molecule has 0 spiro atoms. The van der Waals surface area contributed by atoms with E-state index in [1.54, 1.807) is 7.11 Å². The van der Waals surface area contributed by atoms with E-state index < -0.39 is 13.2 Å². The molecular formula is C22H23BO2P+. The van der Waals surface area contributed by atoms with E-state index in [1.807, 2.05) is 66.7 Å². The molecule has 0 aliphatic heterocycles. The molecule has 3 rings (SSSR count). The normalized spacial score (nSPS) is 13.9. The largest absolute Gasteiger partial charge is 0.386 e. The number of rotatable bonds is 7. The van der Waals surface area contributed by atoms with Crippen molar-refractivity contribution < 1.29 is 9.84 Å². The van der Waals surface area contributed by atoms with E-state index in [-0.39, 0.29) is 12.3 Å². The first-order valence-corrected chi connectivity index (χ1v) is 10.6. The Morgan fingerprint density at radius 1 is 0.808 bits per heavy atom. The third kappa shape index (κ3) is 3.76. The lowest BCUT2D eigenvalue weighted by Gasteiger charge is -2.35. The van der Waals surface area contributed by atoms with Gasteiger partial charge in [-0.25, -0.2) is 0 Å². The van der Waals surface area contributed by atoms with Crippen LogP contribution in [0.25, 0.3) is 0 Å². The second-order valence-corrected chi connectivity index (χ2v) is 9.47. The van der Waals surface area contributed by atoms with Crippen LogP contribution in [0.3, 0.4) is 0 Å². The van der Waals surface area contributed by atoms with Crippen LogP contribution in [0.4, 0.5) is 0 Å². The first kappa shape index (κ1) is 18.9. The third-order valence-corrected chi connectivity index (χ3v) is 8.47. The van der Waals surface area contributed by atoms with Gasteiger partial charge in [-0.1, -0.05) is 66.7 Å². The second kappa shape index (κ2) is 8.64. The molecule has 3 aromatic carbocycles. The van der Waals surface area contributed by atoms with Crippen molar-refractivity contribution in [3.05, 3.63) is 96.6 Å². The molecule has 4 heteroatoms. The quantitative estimate of drug-likeness (QED) is 0.516. The van der Waals surface area contributed by atoms with Crippen LogP contribution in [-0.2, 0) is 4.74 Å². The highest BCUT2D eigenvalue weighted by Gasteiger charge is 2.49. The standard InChI is InChI=1S/C22H23BO2P/c1-25-17-21(24)22(18-11-5-2-6-12-18)26(23,19-13-7-3-8-14-19)20-15-9-4-10-16-20/h2-16,21-22,24H,17H2,1H3/q+1/t21-,22+/m0/s1. The van der Waals surface area contributed by atoms with Crippen molar-refractivity contribution in [2.24, 2.45) is 0 Å². The number of ether oxygens (including phenoxy) is 1. The van der Waals surface area contributed by atoms with Gasteiger partial charge >= 0.3 is 7.57 Å². The van der Waals surface area contributed by atoms with Gasteiger partial charge in [-0.15, -0.1) is 0 Å². The molecule has 26 heavy (non-hydrogen) atoms. The molecule has 2 nitrogen and oxygen atoms in total. The summed E-state index contributed by atoms with van der Waals surface area (Å²) in [7, 11) is 6.43. The van der Waals surface area contributed by atoms with Gasteiger partial charge in [0.05, 0.1) is 17.2 Å². The van der Waals surface area contributed by atoms with E-state index in [0.29, 0.717) is 0 Å². The van der Waals surface area contributed by atoms with Crippen LogP contribution in [0.5, 0.6) is 0 Å². The van der Waals surface area contributed by atoms with Crippen LogP contribution in [-0.4, -0.2) is 32.5 Å². The molecule has 0 saturated heterocycles. The van der Waals surface area contributed by atoms with E-state index >= 15 is 0 Å². The van der Waals surface area contributed by atoms with Crippen LogP contribution in [0.15, 0.2) is 91.0 Å². The fourth-order valence-corrected chi connectivity index (χ4v) is 7.00. The van der Waals surface area contributed by atoms with Gasteiger partial charge < -0.3 is 9.84 Å². The van der Waals surface area contributed by atoms with Gasteiger partial charge in [0.2, 0.25) is 0 Å². The zero-order valence-electron chi connectivity index (χ0n) is 14.9. The number of hydrogen-bond donors (Lipinski definition) is 1. The average molecular weight is 361 g/mol. The summed E-state index contributed by atoms with van der Waals surface area (Å²) in [4.78, 5) is 0. The summed E-state index contributed by atoms with van der Waals surface area (Å²) < 4.78 is 5.29. The highest BCUT2D eigenvalue weighted by Crippen LogP contribution is 2.65. The molecular weight excluding hydrogens is 338 g/mol. The molecule has 0 bridgehead atoms. The predicted molar refractivity (Wildman–Crippen MR) is 112 cm³/mol. The highest BCUT2D eigenvalue weighted by molar-refractivity contribution is 8.08. The summed E-state index contributed by atoms with van der Waals surface area (Å²) in [5.41, 5.74) is 0.772. The summed E-state index contributed by atoms with van der Waals surface area (Å²) in [6, 6.07) is 30.3. The smallest absolute Gasteiger partial charge is 0.378 e. The Morgan fingerprint density at radius 3 is 1.65 bits per heavy atom. The average Bonchev–Trinajstić information content (AvgIpc) is 2.70. The van der Waals surface area contributed by atoms with E-state index in [1.165, 1.54) is 0 Å². The molecule has 0 aromatic heterocycles. The molecule has 0 heterocycles. The molecule has 2 atom stereocenters. The number of hydrogen-bond acceptors (Lipinski definition) is 2. The summed E-state index contributed by atoms with van der Waals surface area (Å²) in [6.45, 7) is 0.234.